The molecule has 37 heavy (non-hydrogen) atoms. The zero-order valence-corrected chi connectivity index (χ0v) is 22.8. The summed E-state index contributed by atoms with van der Waals surface area (Å²) in [6, 6.07) is 11.5. The van der Waals surface area contributed by atoms with Crippen molar-refractivity contribution in [2.75, 3.05) is 12.4 Å². The van der Waals surface area contributed by atoms with E-state index in [-0.39, 0.29) is 30.1 Å². The number of furan rings is 1. The summed E-state index contributed by atoms with van der Waals surface area (Å²) in [5, 5.41) is 5.83. The van der Waals surface area contributed by atoms with Gasteiger partial charge in [0.25, 0.3) is 5.91 Å². The van der Waals surface area contributed by atoms with Crippen LogP contribution >= 0.6 is 11.8 Å². The van der Waals surface area contributed by atoms with Gasteiger partial charge >= 0.3 is 0 Å². The van der Waals surface area contributed by atoms with E-state index >= 15 is 0 Å². The van der Waals surface area contributed by atoms with Crippen LogP contribution in [0.25, 0.3) is 0 Å². The number of ketones is 1. The Labute approximate surface area is 224 Å². The van der Waals surface area contributed by atoms with Gasteiger partial charge in [-0.2, -0.15) is 0 Å². The average molecular weight is 529 g/mol. The van der Waals surface area contributed by atoms with Crippen molar-refractivity contribution in [2.24, 2.45) is 11.8 Å². The molecule has 2 atom stereocenters. The Morgan fingerprint density at radius 1 is 1.00 bits per heavy atom. The number of ether oxygens (including phenoxy) is 1. The number of thioether (sulfide) groups is 1. The van der Waals surface area contributed by atoms with E-state index in [4.69, 9.17) is 9.15 Å². The first-order valence-electron chi connectivity index (χ1n) is 13.3. The SMILES string of the molecule is CC(C)C[C@H](NC(=O)COc1ccccc1)C(=O)N[C@@H](CC1CCCCC1)C(=O)CSCc1ccco1. The van der Waals surface area contributed by atoms with Gasteiger partial charge in [0.15, 0.2) is 12.4 Å². The molecule has 1 aliphatic rings. The van der Waals surface area contributed by atoms with Crippen LogP contribution in [0.2, 0.25) is 0 Å². The van der Waals surface area contributed by atoms with Gasteiger partial charge in [0.05, 0.1) is 23.8 Å². The van der Waals surface area contributed by atoms with E-state index in [1.54, 1.807) is 18.4 Å². The van der Waals surface area contributed by atoms with Gasteiger partial charge in [0.2, 0.25) is 5.91 Å². The molecule has 1 aliphatic carbocycles. The maximum absolute atomic E-state index is 13.4. The molecule has 1 aromatic carbocycles. The van der Waals surface area contributed by atoms with E-state index in [9.17, 15) is 14.4 Å². The fourth-order valence-corrected chi connectivity index (χ4v) is 5.52. The first-order chi connectivity index (χ1) is 17.9. The van der Waals surface area contributed by atoms with Crippen molar-refractivity contribution in [3.8, 4) is 5.75 Å². The first kappa shape index (κ1) is 28.8. The number of nitrogens with one attached hydrogen (secondary N) is 2. The molecule has 1 fully saturated rings. The largest absolute Gasteiger partial charge is 0.484 e. The van der Waals surface area contributed by atoms with Crippen LogP contribution in [0.3, 0.4) is 0 Å². The maximum Gasteiger partial charge on any atom is 0.258 e. The Kier molecular flexibility index (Phi) is 12.1. The van der Waals surface area contributed by atoms with E-state index in [0.29, 0.717) is 36.0 Å². The quantitative estimate of drug-likeness (QED) is 0.332. The third-order valence-electron chi connectivity index (χ3n) is 6.54. The van der Waals surface area contributed by atoms with Crippen LogP contribution < -0.4 is 15.4 Å². The smallest absolute Gasteiger partial charge is 0.258 e. The van der Waals surface area contributed by atoms with Gasteiger partial charge in [0, 0.05) is 0 Å². The minimum absolute atomic E-state index is 0.0116. The zero-order chi connectivity index (χ0) is 26.5. The van der Waals surface area contributed by atoms with E-state index < -0.39 is 12.1 Å². The summed E-state index contributed by atoms with van der Waals surface area (Å²) in [4.78, 5) is 39.2. The number of benzene rings is 1. The minimum atomic E-state index is -0.732. The number of carbonyl (C=O) groups is 3. The highest BCUT2D eigenvalue weighted by Crippen LogP contribution is 2.28. The lowest BCUT2D eigenvalue weighted by atomic mass is 9.84. The number of amides is 2. The summed E-state index contributed by atoms with van der Waals surface area (Å²) in [7, 11) is 0. The summed E-state index contributed by atoms with van der Waals surface area (Å²) < 4.78 is 10.9. The fraction of sp³-hybridized carbons (Fsp3) is 0.552. The fourth-order valence-electron chi connectivity index (χ4n) is 4.65. The van der Waals surface area contributed by atoms with Crippen LogP contribution in [0.15, 0.2) is 53.1 Å². The van der Waals surface area contributed by atoms with Crippen molar-refractivity contribution in [2.45, 2.75) is 76.6 Å². The number of hydrogen-bond donors (Lipinski definition) is 2. The Balaban J connectivity index is 1.59. The van der Waals surface area contributed by atoms with Gasteiger partial charge < -0.3 is 19.8 Å². The molecule has 8 heteroatoms. The van der Waals surface area contributed by atoms with Crippen molar-refractivity contribution >= 4 is 29.4 Å². The molecule has 0 saturated heterocycles. The standard InChI is InChI=1S/C29H40N2O5S/c1-21(2)16-26(30-28(33)18-36-23-12-7-4-8-13-23)29(34)31-25(17-22-10-5-3-6-11-22)27(32)20-37-19-24-14-9-15-35-24/h4,7-9,12-15,21-22,25-26H,3,5-6,10-11,16-20H2,1-2H3,(H,30,33)(H,31,34)/t25-,26-/m0/s1. The Morgan fingerprint density at radius 3 is 2.43 bits per heavy atom. The maximum atomic E-state index is 13.4. The van der Waals surface area contributed by atoms with Gasteiger partial charge in [-0.1, -0.05) is 64.2 Å². The molecular weight excluding hydrogens is 488 g/mol. The van der Waals surface area contributed by atoms with Crippen LogP contribution in [-0.2, 0) is 20.1 Å². The zero-order valence-electron chi connectivity index (χ0n) is 21.9. The topological polar surface area (TPSA) is 97.6 Å². The molecule has 1 saturated carbocycles. The highest BCUT2D eigenvalue weighted by molar-refractivity contribution is 7.99. The molecule has 0 radical (unpaired) electrons. The molecule has 1 aromatic heterocycles. The number of Topliss-reactive ketones (excluding diaryl/α,β-unsaturated/α-hetero) is 1. The summed E-state index contributed by atoms with van der Waals surface area (Å²) in [5.74, 6) is 2.26. The molecule has 0 bridgehead atoms. The summed E-state index contributed by atoms with van der Waals surface area (Å²) >= 11 is 1.49. The predicted molar refractivity (Wildman–Crippen MR) is 146 cm³/mol. The van der Waals surface area contributed by atoms with Crippen molar-refractivity contribution in [1.82, 2.24) is 10.6 Å². The molecule has 0 spiro atoms. The predicted octanol–water partition coefficient (Wildman–Crippen LogP) is 5.15. The first-order valence-corrected chi connectivity index (χ1v) is 14.5. The highest BCUT2D eigenvalue weighted by atomic mass is 32.2. The monoisotopic (exact) mass is 528 g/mol. The molecule has 2 N–H and O–H groups in total. The second-order valence-corrected chi connectivity index (χ2v) is 11.2. The number of rotatable bonds is 15. The van der Waals surface area contributed by atoms with Crippen LogP contribution in [0.1, 0.15) is 64.6 Å². The van der Waals surface area contributed by atoms with Crippen molar-refractivity contribution < 1.29 is 23.5 Å². The summed E-state index contributed by atoms with van der Waals surface area (Å²) in [6.07, 6.45) is 8.47. The van der Waals surface area contributed by atoms with Gasteiger partial charge in [-0.3, -0.25) is 14.4 Å². The molecule has 0 unspecified atom stereocenters. The molecular formula is C29H40N2O5S. The third kappa shape index (κ3) is 10.6. The number of para-hydroxylation sites is 1. The van der Waals surface area contributed by atoms with Gasteiger partial charge in [-0.15, -0.1) is 11.8 Å². The molecule has 2 aromatic rings. The minimum Gasteiger partial charge on any atom is -0.484 e. The second-order valence-electron chi connectivity index (χ2n) is 10.2. The molecule has 1 heterocycles. The molecule has 0 aliphatic heterocycles. The van der Waals surface area contributed by atoms with Crippen molar-refractivity contribution in [1.29, 1.82) is 0 Å². The highest BCUT2D eigenvalue weighted by Gasteiger charge is 2.29. The third-order valence-corrected chi connectivity index (χ3v) is 7.52. The van der Waals surface area contributed by atoms with Gasteiger partial charge in [0.1, 0.15) is 17.6 Å². The number of carbonyl (C=O) groups excluding carboxylic acids is 3. The van der Waals surface area contributed by atoms with Crippen LogP contribution in [0.4, 0.5) is 0 Å². The Bertz CT molecular complexity index is 958. The lowest BCUT2D eigenvalue weighted by Crippen LogP contribution is -2.53. The van der Waals surface area contributed by atoms with Crippen molar-refractivity contribution in [3.05, 3.63) is 54.5 Å². The molecule has 3 rings (SSSR count). The van der Waals surface area contributed by atoms with E-state index in [2.05, 4.69) is 10.6 Å². The lowest BCUT2D eigenvalue weighted by molar-refractivity contribution is -0.132. The van der Waals surface area contributed by atoms with E-state index in [1.165, 1.54) is 31.0 Å². The molecule has 2 amide bonds. The lowest BCUT2D eigenvalue weighted by Gasteiger charge is -2.28. The normalized spacial score (nSPS) is 15.6. The summed E-state index contributed by atoms with van der Waals surface area (Å²) in [5.41, 5.74) is 0. The van der Waals surface area contributed by atoms with Gasteiger partial charge in [-0.05, 0) is 48.9 Å². The van der Waals surface area contributed by atoms with Crippen LogP contribution in [0.5, 0.6) is 5.75 Å². The van der Waals surface area contributed by atoms with Gasteiger partial charge in [-0.25, -0.2) is 0 Å². The number of hydrogen-bond acceptors (Lipinski definition) is 6. The second kappa shape index (κ2) is 15.5. The van der Waals surface area contributed by atoms with E-state index in [1.807, 2.05) is 44.2 Å². The Morgan fingerprint density at radius 2 is 1.76 bits per heavy atom. The van der Waals surface area contributed by atoms with Crippen LogP contribution in [0, 0.1) is 11.8 Å². The molecule has 7 nitrogen and oxygen atoms in total. The summed E-state index contributed by atoms with van der Waals surface area (Å²) in [6.45, 7) is 3.82. The molecule has 202 valence electrons. The van der Waals surface area contributed by atoms with E-state index in [0.717, 1.165) is 18.6 Å². The van der Waals surface area contributed by atoms with Crippen LogP contribution in [-0.4, -0.2) is 42.0 Å². The van der Waals surface area contributed by atoms with Crippen molar-refractivity contribution in [3.63, 3.8) is 0 Å². The Hall–Kier alpha value is -2.74. The average Bonchev–Trinajstić information content (AvgIpc) is 3.41.